The maximum absolute atomic E-state index is 12.2. The number of aliphatic hydroxyl groups is 2. The van der Waals surface area contributed by atoms with Crippen LogP contribution in [0.15, 0.2) is 54.6 Å². The van der Waals surface area contributed by atoms with E-state index < -0.39 is 30.6 Å². The number of aliphatic hydroxyl groups excluding tert-OH is 1. The molecule has 2 aromatic rings. The Kier molecular flexibility index (Phi) is 5.68. The first kappa shape index (κ1) is 18.5. The first-order chi connectivity index (χ1) is 12.6. The van der Waals surface area contributed by atoms with Crippen molar-refractivity contribution >= 4 is 5.97 Å². The molecule has 3 atom stereocenters. The normalized spacial score (nSPS) is 25.2. The Morgan fingerprint density at radius 2 is 1.81 bits per heavy atom. The van der Waals surface area contributed by atoms with Crippen molar-refractivity contribution in [1.82, 2.24) is 0 Å². The fourth-order valence-electron chi connectivity index (χ4n) is 2.94. The number of hydrogen-bond acceptors (Lipinski definition) is 6. The molecule has 0 unspecified atom stereocenters. The summed E-state index contributed by atoms with van der Waals surface area (Å²) in [6, 6.07) is 16.9. The lowest BCUT2D eigenvalue weighted by molar-refractivity contribution is -0.140. The van der Waals surface area contributed by atoms with E-state index in [1.165, 1.54) is 7.11 Å². The number of hydrogen-bond donors (Lipinski definition) is 2. The van der Waals surface area contributed by atoms with E-state index >= 15 is 0 Å². The SMILES string of the molecule is CO[C@@H]1C[C@@](O)(CO)[C@@H](COC(=O)c2ccc(-c3ccccc3)cc2)O1. The second-order valence-electron chi connectivity index (χ2n) is 6.30. The van der Waals surface area contributed by atoms with Gasteiger partial charge in [0.1, 0.15) is 18.3 Å². The van der Waals surface area contributed by atoms with Crippen molar-refractivity contribution in [2.24, 2.45) is 0 Å². The van der Waals surface area contributed by atoms with E-state index in [0.29, 0.717) is 5.56 Å². The van der Waals surface area contributed by atoms with Crippen LogP contribution in [-0.4, -0.2) is 54.5 Å². The van der Waals surface area contributed by atoms with Gasteiger partial charge in [-0.3, -0.25) is 0 Å². The molecule has 0 amide bonds. The second kappa shape index (κ2) is 7.97. The van der Waals surface area contributed by atoms with Gasteiger partial charge in [-0.05, 0) is 23.3 Å². The summed E-state index contributed by atoms with van der Waals surface area (Å²) in [6.07, 6.45) is -1.36. The Bertz CT molecular complexity index is 730. The summed E-state index contributed by atoms with van der Waals surface area (Å²) in [5.41, 5.74) is 0.973. The maximum atomic E-state index is 12.2. The van der Waals surface area contributed by atoms with Crippen LogP contribution in [0.5, 0.6) is 0 Å². The molecule has 0 bridgehead atoms. The highest BCUT2D eigenvalue weighted by atomic mass is 16.7. The third-order valence-corrected chi connectivity index (χ3v) is 4.57. The molecule has 6 heteroatoms. The van der Waals surface area contributed by atoms with Crippen molar-refractivity contribution in [3.05, 3.63) is 60.2 Å². The molecule has 3 rings (SSSR count). The Morgan fingerprint density at radius 3 is 2.42 bits per heavy atom. The van der Waals surface area contributed by atoms with Crippen LogP contribution in [0.25, 0.3) is 11.1 Å². The number of rotatable bonds is 6. The largest absolute Gasteiger partial charge is 0.459 e. The van der Waals surface area contributed by atoms with Gasteiger partial charge in [-0.1, -0.05) is 42.5 Å². The van der Waals surface area contributed by atoms with Gasteiger partial charge in [0.05, 0.1) is 12.2 Å². The van der Waals surface area contributed by atoms with Crippen LogP contribution in [0.1, 0.15) is 16.8 Å². The van der Waals surface area contributed by atoms with Gasteiger partial charge in [0.2, 0.25) is 0 Å². The lowest BCUT2D eigenvalue weighted by atomic mass is 9.97. The fraction of sp³-hybridized carbons (Fsp3) is 0.350. The summed E-state index contributed by atoms with van der Waals surface area (Å²) in [7, 11) is 1.45. The first-order valence-corrected chi connectivity index (χ1v) is 8.40. The Morgan fingerprint density at radius 1 is 1.15 bits per heavy atom. The molecule has 1 fully saturated rings. The van der Waals surface area contributed by atoms with E-state index in [1.807, 2.05) is 42.5 Å². The third kappa shape index (κ3) is 3.94. The summed E-state index contributed by atoms with van der Waals surface area (Å²) < 4.78 is 15.8. The zero-order valence-corrected chi connectivity index (χ0v) is 14.5. The van der Waals surface area contributed by atoms with Gasteiger partial charge in [-0.15, -0.1) is 0 Å². The molecule has 0 saturated carbocycles. The van der Waals surface area contributed by atoms with Crippen molar-refractivity contribution in [2.75, 3.05) is 20.3 Å². The summed E-state index contributed by atoms with van der Waals surface area (Å²) in [5.74, 6) is -0.519. The lowest BCUT2D eigenvalue weighted by Crippen LogP contribution is -2.44. The molecule has 0 aliphatic carbocycles. The summed E-state index contributed by atoms with van der Waals surface area (Å²) in [5, 5.41) is 19.8. The van der Waals surface area contributed by atoms with Gasteiger partial charge in [-0.2, -0.15) is 0 Å². The highest BCUT2D eigenvalue weighted by Gasteiger charge is 2.48. The Balaban J connectivity index is 1.62. The number of methoxy groups -OCH3 is 1. The van der Waals surface area contributed by atoms with Crippen molar-refractivity contribution in [3.8, 4) is 11.1 Å². The first-order valence-electron chi connectivity index (χ1n) is 8.40. The van der Waals surface area contributed by atoms with Gasteiger partial charge in [-0.25, -0.2) is 4.79 Å². The van der Waals surface area contributed by atoms with E-state index in [1.54, 1.807) is 12.1 Å². The Hall–Kier alpha value is -2.25. The monoisotopic (exact) mass is 358 g/mol. The molecule has 1 heterocycles. The number of carbonyl (C=O) groups is 1. The lowest BCUT2D eigenvalue weighted by Gasteiger charge is -2.25. The van der Waals surface area contributed by atoms with Crippen molar-refractivity contribution < 1.29 is 29.2 Å². The molecule has 138 valence electrons. The van der Waals surface area contributed by atoms with Crippen molar-refractivity contribution in [2.45, 2.75) is 24.4 Å². The number of benzene rings is 2. The van der Waals surface area contributed by atoms with Gasteiger partial charge in [0.15, 0.2) is 6.29 Å². The van der Waals surface area contributed by atoms with Gasteiger partial charge >= 0.3 is 5.97 Å². The maximum Gasteiger partial charge on any atom is 0.338 e. The summed E-state index contributed by atoms with van der Waals surface area (Å²) in [4.78, 5) is 12.2. The fourth-order valence-corrected chi connectivity index (χ4v) is 2.94. The number of ether oxygens (including phenoxy) is 3. The van der Waals surface area contributed by atoms with Crippen LogP contribution in [0.2, 0.25) is 0 Å². The van der Waals surface area contributed by atoms with Crippen LogP contribution in [0.4, 0.5) is 0 Å². The van der Waals surface area contributed by atoms with Crippen LogP contribution in [0.3, 0.4) is 0 Å². The smallest absolute Gasteiger partial charge is 0.338 e. The van der Waals surface area contributed by atoms with E-state index in [4.69, 9.17) is 14.2 Å². The van der Waals surface area contributed by atoms with Crippen molar-refractivity contribution in [3.63, 3.8) is 0 Å². The molecule has 26 heavy (non-hydrogen) atoms. The second-order valence-corrected chi connectivity index (χ2v) is 6.30. The zero-order valence-electron chi connectivity index (χ0n) is 14.5. The van der Waals surface area contributed by atoms with Gasteiger partial charge in [0.25, 0.3) is 0 Å². The van der Waals surface area contributed by atoms with Gasteiger partial charge < -0.3 is 24.4 Å². The molecule has 1 aliphatic heterocycles. The predicted octanol–water partition coefficient (Wildman–Crippen LogP) is 2.00. The average molecular weight is 358 g/mol. The van der Waals surface area contributed by atoms with Crippen molar-refractivity contribution in [1.29, 1.82) is 0 Å². The minimum Gasteiger partial charge on any atom is -0.459 e. The van der Waals surface area contributed by atoms with E-state index in [0.717, 1.165) is 11.1 Å². The summed E-state index contributed by atoms with van der Waals surface area (Å²) in [6.45, 7) is -0.670. The third-order valence-electron chi connectivity index (χ3n) is 4.57. The molecule has 6 nitrogen and oxygen atoms in total. The molecule has 0 spiro atoms. The molecular weight excluding hydrogens is 336 g/mol. The molecule has 0 radical (unpaired) electrons. The standard InChI is InChI=1S/C20H22O6/c1-24-18-11-20(23,13-21)17(26-18)12-25-19(22)16-9-7-15(8-10-16)14-5-3-2-4-6-14/h2-10,17-18,21,23H,11-13H2,1H3/t17-,18+,20-/m1/s1. The van der Waals surface area contributed by atoms with Crippen LogP contribution >= 0.6 is 0 Å². The summed E-state index contributed by atoms with van der Waals surface area (Å²) >= 11 is 0. The number of esters is 1. The van der Waals surface area contributed by atoms with Gasteiger partial charge in [0, 0.05) is 13.5 Å². The molecule has 0 aromatic heterocycles. The zero-order chi connectivity index (χ0) is 18.6. The molecule has 1 aliphatic rings. The highest BCUT2D eigenvalue weighted by Crippen LogP contribution is 2.31. The van der Waals surface area contributed by atoms with Crippen LogP contribution in [0, 0.1) is 0 Å². The molecule has 2 aromatic carbocycles. The number of carbonyl (C=O) groups excluding carboxylic acids is 1. The van der Waals surface area contributed by atoms with E-state index in [-0.39, 0.29) is 13.0 Å². The van der Waals surface area contributed by atoms with E-state index in [2.05, 4.69) is 0 Å². The molecule has 1 saturated heterocycles. The average Bonchev–Trinajstić information content (AvgIpc) is 3.03. The topological polar surface area (TPSA) is 85.2 Å². The Labute approximate surface area is 151 Å². The van der Waals surface area contributed by atoms with E-state index in [9.17, 15) is 15.0 Å². The molecule has 2 N–H and O–H groups in total. The predicted molar refractivity (Wildman–Crippen MR) is 94.5 cm³/mol. The molecular formula is C20H22O6. The highest BCUT2D eigenvalue weighted by molar-refractivity contribution is 5.90. The quantitative estimate of drug-likeness (QED) is 0.769. The minimum absolute atomic E-state index is 0.119. The van der Waals surface area contributed by atoms with Crippen LogP contribution in [-0.2, 0) is 14.2 Å². The minimum atomic E-state index is -1.49. The van der Waals surface area contributed by atoms with Crippen LogP contribution < -0.4 is 0 Å².